The van der Waals surface area contributed by atoms with E-state index in [1.54, 1.807) is 16.6 Å². The van der Waals surface area contributed by atoms with Crippen molar-refractivity contribution in [2.24, 2.45) is 0 Å². The Labute approximate surface area is 142 Å². The number of rotatable bonds is 3. The van der Waals surface area contributed by atoms with Crippen LogP contribution in [0.3, 0.4) is 0 Å². The number of fused-ring (bicyclic) bond motifs is 1. The molecule has 6 heteroatoms. The zero-order valence-corrected chi connectivity index (χ0v) is 13.7. The minimum atomic E-state index is -0.213. The molecule has 0 fully saturated rings. The summed E-state index contributed by atoms with van der Waals surface area (Å²) in [6.45, 7) is 1.98. The number of carbonyl (C=O) groups is 1. The zero-order chi connectivity index (χ0) is 16.5. The van der Waals surface area contributed by atoms with Crippen LogP contribution in [0.25, 0.3) is 16.2 Å². The standard InChI is InChI=1S/C18H14N4OS/c1-12-7-9-14(10-8-12)16(23)19-17-20-18-22(21-17)15(11-24-18)13-5-3-2-4-6-13/h2-11H,1H3,(H,19,21,23). The molecule has 0 aliphatic carbocycles. The normalized spacial score (nSPS) is 10.9. The lowest BCUT2D eigenvalue weighted by molar-refractivity contribution is 0.102. The maximum Gasteiger partial charge on any atom is 0.258 e. The first-order valence-electron chi connectivity index (χ1n) is 7.48. The van der Waals surface area contributed by atoms with Gasteiger partial charge in [-0.1, -0.05) is 48.0 Å². The molecule has 1 N–H and O–H groups in total. The molecule has 0 aliphatic heterocycles. The van der Waals surface area contributed by atoms with Gasteiger partial charge in [-0.05, 0) is 19.1 Å². The van der Waals surface area contributed by atoms with Crippen molar-refractivity contribution >= 4 is 28.2 Å². The molecule has 0 saturated heterocycles. The van der Waals surface area contributed by atoms with Crippen LogP contribution in [0.1, 0.15) is 15.9 Å². The fourth-order valence-corrected chi connectivity index (χ4v) is 3.25. The molecule has 1 amide bonds. The number of thiazole rings is 1. The van der Waals surface area contributed by atoms with Crippen molar-refractivity contribution in [1.82, 2.24) is 14.6 Å². The monoisotopic (exact) mass is 334 g/mol. The molecule has 0 spiro atoms. The number of aromatic nitrogens is 3. The molecule has 0 aliphatic rings. The van der Waals surface area contributed by atoms with Gasteiger partial charge in [0, 0.05) is 16.5 Å². The van der Waals surface area contributed by atoms with Gasteiger partial charge in [-0.15, -0.1) is 16.4 Å². The van der Waals surface area contributed by atoms with Gasteiger partial charge in [0.25, 0.3) is 11.9 Å². The Balaban J connectivity index is 1.63. The van der Waals surface area contributed by atoms with Crippen LogP contribution in [0.5, 0.6) is 0 Å². The summed E-state index contributed by atoms with van der Waals surface area (Å²) in [4.78, 5) is 17.4. The topological polar surface area (TPSA) is 59.3 Å². The minimum Gasteiger partial charge on any atom is -0.289 e. The number of nitrogens with one attached hydrogen (secondary N) is 1. The van der Waals surface area contributed by atoms with Gasteiger partial charge in [-0.3, -0.25) is 10.1 Å². The average molecular weight is 334 g/mol. The highest BCUT2D eigenvalue weighted by molar-refractivity contribution is 7.15. The maximum atomic E-state index is 12.3. The predicted octanol–water partition coefficient (Wildman–Crippen LogP) is 4.02. The van der Waals surface area contributed by atoms with E-state index in [2.05, 4.69) is 15.4 Å². The van der Waals surface area contributed by atoms with Crippen molar-refractivity contribution in [1.29, 1.82) is 0 Å². The van der Waals surface area contributed by atoms with Crippen LogP contribution in [0, 0.1) is 6.92 Å². The van der Waals surface area contributed by atoms with Crippen LogP contribution in [0.2, 0.25) is 0 Å². The first-order chi connectivity index (χ1) is 11.7. The summed E-state index contributed by atoms with van der Waals surface area (Å²) in [5.74, 6) is 0.0964. The third-order valence-corrected chi connectivity index (χ3v) is 4.51. The molecule has 4 rings (SSSR count). The predicted molar refractivity (Wildman–Crippen MR) is 95.4 cm³/mol. The van der Waals surface area contributed by atoms with Gasteiger partial charge in [0.15, 0.2) is 0 Å². The number of hydrogen-bond acceptors (Lipinski definition) is 4. The second-order valence-corrected chi connectivity index (χ2v) is 6.27. The van der Waals surface area contributed by atoms with Gasteiger partial charge < -0.3 is 0 Å². The Morgan fingerprint density at radius 1 is 1.08 bits per heavy atom. The highest BCUT2D eigenvalue weighted by atomic mass is 32.1. The average Bonchev–Trinajstić information content (AvgIpc) is 3.16. The lowest BCUT2D eigenvalue weighted by atomic mass is 10.1. The smallest absolute Gasteiger partial charge is 0.258 e. The molecule has 2 aromatic heterocycles. The van der Waals surface area contributed by atoms with Gasteiger partial charge in [-0.25, -0.2) is 4.52 Å². The van der Waals surface area contributed by atoms with E-state index in [1.807, 2.05) is 54.8 Å². The summed E-state index contributed by atoms with van der Waals surface area (Å²) in [5, 5.41) is 9.18. The van der Waals surface area contributed by atoms with E-state index in [-0.39, 0.29) is 5.91 Å². The molecule has 0 unspecified atom stereocenters. The fourth-order valence-electron chi connectivity index (χ4n) is 2.42. The largest absolute Gasteiger partial charge is 0.289 e. The van der Waals surface area contributed by atoms with Crippen molar-refractivity contribution in [3.8, 4) is 11.3 Å². The summed E-state index contributed by atoms with van der Waals surface area (Å²) < 4.78 is 1.75. The van der Waals surface area contributed by atoms with Gasteiger partial charge in [-0.2, -0.15) is 4.98 Å². The molecule has 118 valence electrons. The molecule has 0 saturated carbocycles. The van der Waals surface area contributed by atoms with Crippen molar-refractivity contribution in [3.63, 3.8) is 0 Å². The van der Waals surface area contributed by atoms with E-state index in [0.29, 0.717) is 11.5 Å². The Morgan fingerprint density at radius 3 is 2.58 bits per heavy atom. The van der Waals surface area contributed by atoms with Crippen molar-refractivity contribution in [3.05, 3.63) is 71.1 Å². The molecule has 0 bridgehead atoms. The summed E-state index contributed by atoms with van der Waals surface area (Å²) >= 11 is 1.49. The number of aryl methyl sites for hydroxylation is 1. The van der Waals surface area contributed by atoms with Crippen LogP contribution in [0.4, 0.5) is 5.95 Å². The SMILES string of the molecule is Cc1ccc(C(=O)Nc2nc3scc(-c4ccccc4)n3n2)cc1. The Morgan fingerprint density at radius 2 is 1.83 bits per heavy atom. The van der Waals surface area contributed by atoms with E-state index >= 15 is 0 Å². The number of carbonyl (C=O) groups excluding carboxylic acids is 1. The summed E-state index contributed by atoms with van der Waals surface area (Å²) in [5.41, 5.74) is 3.71. The molecule has 0 atom stereocenters. The van der Waals surface area contributed by atoms with E-state index in [0.717, 1.165) is 21.8 Å². The Bertz CT molecular complexity index is 1000. The first-order valence-corrected chi connectivity index (χ1v) is 8.36. The van der Waals surface area contributed by atoms with Crippen LogP contribution < -0.4 is 5.32 Å². The van der Waals surface area contributed by atoms with E-state index in [1.165, 1.54) is 11.3 Å². The second-order valence-electron chi connectivity index (χ2n) is 5.44. The highest BCUT2D eigenvalue weighted by Gasteiger charge is 2.14. The third kappa shape index (κ3) is 2.68. The van der Waals surface area contributed by atoms with Crippen molar-refractivity contribution in [2.75, 3.05) is 5.32 Å². The summed E-state index contributed by atoms with van der Waals surface area (Å²) in [6, 6.07) is 17.4. The number of hydrogen-bond donors (Lipinski definition) is 1. The molecule has 24 heavy (non-hydrogen) atoms. The molecule has 2 aromatic carbocycles. The van der Waals surface area contributed by atoms with Crippen LogP contribution in [-0.4, -0.2) is 20.5 Å². The number of benzene rings is 2. The van der Waals surface area contributed by atoms with E-state index in [9.17, 15) is 4.79 Å². The van der Waals surface area contributed by atoms with Gasteiger partial charge in [0.1, 0.15) is 0 Å². The summed E-state index contributed by atoms with van der Waals surface area (Å²) in [7, 11) is 0. The maximum absolute atomic E-state index is 12.3. The third-order valence-electron chi connectivity index (χ3n) is 3.69. The highest BCUT2D eigenvalue weighted by Crippen LogP contribution is 2.25. The summed E-state index contributed by atoms with van der Waals surface area (Å²) in [6.07, 6.45) is 0. The molecular formula is C18H14N4OS. The van der Waals surface area contributed by atoms with Crippen LogP contribution in [-0.2, 0) is 0 Å². The van der Waals surface area contributed by atoms with Gasteiger partial charge in [0.05, 0.1) is 5.69 Å². The number of nitrogens with zero attached hydrogens (tertiary/aromatic N) is 3. The van der Waals surface area contributed by atoms with Crippen LogP contribution in [0.15, 0.2) is 60.0 Å². The zero-order valence-electron chi connectivity index (χ0n) is 12.9. The first kappa shape index (κ1) is 14.6. The molecule has 0 radical (unpaired) electrons. The lowest BCUT2D eigenvalue weighted by Crippen LogP contribution is -2.13. The molecule has 5 nitrogen and oxygen atoms in total. The van der Waals surface area contributed by atoms with Gasteiger partial charge >= 0.3 is 0 Å². The minimum absolute atomic E-state index is 0.213. The Hall–Kier alpha value is -2.99. The molecular weight excluding hydrogens is 320 g/mol. The second kappa shape index (κ2) is 5.90. The number of amides is 1. The van der Waals surface area contributed by atoms with Gasteiger partial charge in [0.2, 0.25) is 4.96 Å². The van der Waals surface area contributed by atoms with Crippen LogP contribution >= 0.6 is 11.3 Å². The molecule has 4 aromatic rings. The lowest BCUT2D eigenvalue weighted by Gasteiger charge is -2.01. The Kier molecular flexibility index (Phi) is 3.59. The number of anilines is 1. The van der Waals surface area contributed by atoms with E-state index in [4.69, 9.17) is 0 Å². The quantitative estimate of drug-likeness (QED) is 0.615. The van der Waals surface area contributed by atoms with E-state index < -0.39 is 0 Å². The fraction of sp³-hybridized carbons (Fsp3) is 0.0556. The van der Waals surface area contributed by atoms with Crippen molar-refractivity contribution < 1.29 is 4.79 Å². The molecule has 2 heterocycles. The van der Waals surface area contributed by atoms with Crippen molar-refractivity contribution in [2.45, 2.75) is 6.92 Å².